The van der Waals surface area contributed by atoms with Gasteiger partial charge in [-0.1, -0.05) is 24.3 Å². The molecule has 1 aliphatic rings. The molecule has 1 nitrogen and oxygen atoms in total. The van der Waals surface area contributed by atoms with Crippen LogP contribution in [0.4, 0.5) is 0 Å². The quantitative estimate of drug-likeness (QED) is 0.604. The molecule has 0 spiro atoms. The van der Waals surface area contributed by atoms with Crippen LogP contribution in [0.3, 0.4) is 0 Å². The highest BCUT2D eigenvalue weighted by Crippen LogP contribution is 2.29. The van der Waals surface area contributed by atoms with Gasteiger partial charge in [0, 0.05) is 12.8 Å². The first-order chi connectivity index (χ1) is 5.90. The van der Waals surface area contributed by atoms with Gasteiger partial charge in [-0.3, -0.25) is 0 Å². The average Bonchev–Trinajstić information content (AvgIpc) is 2.47. The molecule has 1 heterocycles. The highest BCUT2D eigenvalue weighted by molar-refractivity contribution is 5.37. The Balaban J connectivity index is 2.16. The molecule has 1 aliphatic heterocycles. The maximum Gasteiger partial charge on any atom is 0.123 e. The van der Waals surface area contributed by atoms with Crippen molar-refractivity contribution in [3.8, 4) is 5.75 Å². The van der Waals surface area contributed by atoms with Crippen molar-refractivity contribution in [2.75, 3.05) is 0 Å². The second kappa shape index (κ2) is 3.02. The molecule has 0 aliphatic carbocycles. The Hall–Kier alpha value is -1.24. The van der Waals surface area contributed by atoms with E-state index in [0.29, 0.717) is 6.10 Å². The highest BCUT2D eigenvalue weighted by atomic mass is 16.5. The molecule has 0 aromatic heterocycles. The molecule has 0 N–H and O–H groups in total. The van der Waals surface area contributed by atoms with E-state index in [4.69, 9.17) is 4.74 Å². The zero-order valence-electron chi connectivity index (χ0n) is 6.99. The van der Waals surface area contributed by atoms with Gasteiger partial charge < -0.3 is 4.74 Å². The van der Waals surface area contributed by atoms with E-state index >= 15 is 0 Å². The van der Waals surface area contributed by atoms with Crippen molar-refractivity contribution in [2.45, 2.75) is 18.9 Å². The Morgan fingerprint density at radius 1 is 1.50 bits per heavy atom. The van der Waals surface area contributed by atoms with Crippen LogP contribution in [0.2, 0.25) is 0 Å². The summed E-state index contributed by atoms with van der Waals surface area (Å²) in [4.78, 5) is 0. The second-order valence-corrected chi connectivity index (χ2v) is 3.08. The van der Waals surface area contributed by atoms with E-state index in [0.717, 1.165) is 18.6 Å². The third-order valence-electron chi connectivity index (χ3n) is 2.14. The lowest BCUT2D eigenvalue weighted by Gasteiger charge is -2.05. The van der Waals surface area contributed by atoms with Gasteiger partial charge in [0.15, 0.2) is 0 Å². The molecule has 2 rings (SSSR count). The fraction of sp³-hybridized carbons (Fsp3) is 0.273. The number of ether oxygens (including phenoxy) is 1. The standard InChI is InChI=1S/C11H12O/c1-2-5-10-8-9-6-3-4-7-11(9)12-10/h2-4,6-7,10H,1,5,8H2. The van der Waals surface area contributed by atoms with Gasteiger partial charge in [-0.15, -0.1) is 6.58 Å². The van der Waals surface area contributed by atoms with Gasteiger partial charge in [0.2, 0.25) is 0 Å². The summed E-state index contributed by atoms with van der Waals surface area (Å²) in [5, 5.41) is 0. The van der Waals surface area contributed by atoms with Gasteiger partial charge >= 0.3 is 0 Å². The molecule has 1 aromatic carbocycles. The number of hydrogen-bond donors (Lipinski definition) is 0. The van der Waals surface area contributed by atoms with Crippen LogP contribution in [0.25, 0.3) is 0 Å². The highest BCUT2D eigenvalue weighted by Gasteiger charge is 2.20. The van der Waals surface area contributed by atoms with Crippen molar-refractivity contribution in [1.29, 1.82) is 0 Å². The average molecular weight is 160 g/mol. The molecule has 62 valence electrons. The van der Waals surface area contributed by atoms with E-state index in [9.17, 15) is 0 Å². The van der Waals surface area contributed by atoms with E-state index < -0.39 is 0 Å². The summed E-state index contributed by atoms with van der Waals surface area (Å²) >= 11 is 0. The molecule has 0 radical (unpaired) electrons. The van der Waals surface area contributed by atoms with Gasteiger partial charge in [-0.05, 0) is 11.6 Å². The summed E-state index contributed by atoms with van der Waals surface area (Å²) < 4.78 is 5.68. The van der Waals surface area contributed by atoms with E-state index in [2.05, 4.69) is 18.7 Å². The van der Waals surface area contributed by atoms with E-state index in [1.807, 2.05) is 18.2 Å². The Labute approximate surface area is 72.7 Å². The summed E-state index contributed by atoms with van der Waals surface area (Å²) in [5.41, 5.74) is 1.32. The minimum atomic E-state index is 0.319. The number of para-hydroxylation sites is 1. The van der Waals surface area contributed by atoms with Gasteiger partial charge in [-0.25, -0.2) is 0 Å². The molecule has 0 saturated heterocycles. The van der Waals surface area contributed by atoms with E-state index in [1.165, 1.54) is 5.56 Å². The molecule has 1 heteroatoms. The van der Waals surface area contributed by atoms with Crippen LogP contribution in [0, 0.1) is 0 Å². The lowest BCUT2D eigenvalue weighted by Crippen LogP contribution is -2.10. The van der Waals surface area contributed by atoms with Crippen LogP contribution in [0.15, 0.2) is 36.9 Å². The molecule has 12 heavy (non-hydrogen) atoms. The fourth-order valence-electron chi connectivity index (χ4n) is 1.57. The van der Waals surface area contributed by atoms with Crippen LogP contribution in [-0.4, -0.2) is 6.10 Å². The lowest BCUT2D eigenvalue weighted by molar-refractivity contribution is 0.236. The first-order valence-electron chi connectivity index (χ1n) is 4.25. The topological polar surface area (TPSA) is 9.23 Å². The van der Waals surface area contributed by atoms with Crippen molar-refractivity contribution < 1.29 is 4.74 Å². The lowest BCUT2D eigenvalue weighted by atomic mass is 10.1. The summed E-state index contributed by atoms with van der Waals surface area (Å²) in [7, 11) is 0. The number of hydrogen-bond acceptors (Lipinski definition) is 1. The van der Waals surface area contributed by atoms with Gasteiger partial charge in [-0.2, -0.15) is 0 Å². The molecular formula is C11H12O. The molecule has 0 fully saturated rings. The largest absolute Gasteiger partial charge is 0.489 e. The third-order valence-corrected chi connectivity index (χ3v) is 2.14. The van der Waals surface area contributed by atoms with Gasteiger partial charge in [0.25, 0.3) is 0 Å². The Kier molecular flexibility index (Phi) is 1.86. The van der Waals surface area contributed by atoms with Gasteiger partial charge in [0.05, 0.1) is 0 Å². The van der Waals surface area contributed by atoms with Crippen molar-refractivity contribution in [3.63, 3.8) is 0 Å². The first kappa shape index (κ1) is 7.41. The Bertz CT molecular complexity index is 266. The number of rotatable bonds is 2. The van der Waals surface area contributed by atoms with E-state index in [1.54, 1.807) is 0 Å². The zero-order valence-corrected chi connectivity index (χ0v) is 6.99. The molecule has 0 amide bonds. The summed E-state index contributed by atoms with van der Waals surface area (Å²) in [6.07, 6.45) is 4.20. The maximum atomic E-state index is 5.68. The predicted octanol–water partition coefficient (Wildman–Crippen LogP) is 2.57. The Morgan fingerprint density at radius 2 is 2.33 bits per heavy atom. The van der Waals surface area contributed by atoms with Crippen molar-refractivity contribution in [2.24, 2.45) is 0 Å². The number of fused-ring (bicyclic) bond motifs is 1. The fourth-order valence-corrected chi connectivity index (χ4v) is 1.57. The molecule has 0 bridgehead atoms. The molecule has 1 atom stereocenters. The summed E-state index contributed by atoms with van der Waals surface area (Å²) in [6.45, 7) is 3.71. The summed E-state index contributed by atoms with van der Waals surface area (Å²) in [5.74, 6) is 1.05. The van der Waals surface area contributed by atoms with Crippen molar-refractivity contribution in [1.82, 2.24) is 0 Å². The van der Waals surface area contributed by atoms with Crippen LogP contribution in [-0.2, 0) is 6.42 Å². The van der Waals surface area contributed by atoms with Crippen LogP contribution in [0.1, 0.15) is 12.0 Å². The van der Waals surface area contributed by atoms with Crippen molar-refractivity contribution >= 4 is 0 Å². The second-order valence-electron chi connectivity index (χ2n) is 3.08. The van der Waals surface area contributed by atoms with Crippen molar-refractivity contribution in [3.05, 3.63) is 42.5 Å². The maximum absolute atomic E-state index is 5.68. The normalized spacial score (nSPS) is 19.8. The van der Waals surface area contributed by atoms with Gasteiger partial charge in [0.1, 0.15) is 11.9 Å². The minimum absolute atomic E-state index is 0.319. The van der Waals surface area contributed by atoms with E-state index in [-0.39, 0.29) is 0 Å². The molecule has 0 saturated carbocycles. The minimum Gasteiger partial charge on any atom is -0.489 e. The molecular weight excluding hydrogens is 148 g/mol. The zero-order chi connectivity index (χ0) is 8.39. The smallest absolute Gasteiger partial charge is 0.123 e. The molecule has 1 unspecified atom stereocenters. The third kappa shape index (κ3) is 1.22. The van der Waals surface area contributed by atoms with Crippen LogP contribution < -0.4 is 4.74 Å². The molecule has 1 aromatic rings. The first-order valence-corrected chi connectivity index (χ1v) is 4.25. The Morgan fingerprint density at radius 3 is 3.08 bits per heavy atom. The predicted molar refractivity (Wildman–Crippen MR) is 49.4 cm³/mol. The number of benzene rings is 1. The summed E-state index contributed by atoms with van der Waals surface area (Å²) in [6, 6.07) is 8.21. The monoisotopic (exact) mass is 160 g/mol. The SMILES string of the molecule is C=CCC1Cc2ccccc2O1. The van der Waals surface area contributed by atoms with Crippen LogP contribution in [0.5, 0.6) is 5.75 Å². The van der Waals surface area contributed by atoms with Crippen LogP contribution >= 0.6 is 0 Å².